The van der Waals surface area contributed by atoms with Gasteiger partial charge >= 0.3 is 0 Å². The lowest BCUT2D eigenvalue weighted by Crippen LogP contribution is -2.40. The summed E-state index contributed by atoms with van der Waals surface area (Å²) in [5.41, 5.74) is 1.74. The van der Waals surface area contributed by atoms with E-state index in [-0.39, 0.29) is 11.9 Å². The summed E-state index contributed by atoms with van der Waals surface area (Å²) in [6, 6.07) is 13.8. The SMILES string of the molecule is COc1ccc(C(=O)N2Cc3nnc(Cc4ccccc4)n3[C@@H](C)C2)cn1. The molecule has 0 spiro atoms. The van der Waals surface area contributed by atoms with Crippen molar-refractivity contribution < 1.29 is 9.53 Å². The van der Waals surface area contributed by atoms with E-state index in [1.165, 1.54) is 5.56 Å². The molecule has 1 amide bonds. The van der Waals surface area contributed by atoms with Crippen molar-refractivity contribution in [2.24, 2.45) is 0 Å². The Labute approximate surface area is 157 Å². The maximum atomic E-state index is 12.8. The number of methoxy groups -OCH3 is 1. The molecule has 7 nitrogen and oxygen atoms in total. The second kappa shape index (κ2) is 7.19. The zero-order chi connectivity index (χ0) is 18.8. The van der Waals surface area contributed by atoms with Crippen molar-refractivity contribution in [2.45, 2.75) is 25.9 Å². The van der Waals surface area contributed by atoms with Gasteiger partial charge < -0.3 is 14.2 Å². The first-order valence-corrected chi connectivity index (χ1v) is 8.91. The fourth-order valence-electron chi connectivity index (χ4n) is 3.48. The first-order chi connectivity index (χ1) is 13.2. The number of nitrogens with zero attached hydrogens (tertiary/aromatic N) is 5. The summed E-state index contributed by atoms with van der Waals surface area (Å²) < 4.78 is 7.21. The van der Waals surface area contributed by atoms with E-state index < -0.39 is 0 Å². The van der Waals surface area contributed by atoms with Crippen LogP contribution in [-0.4, -0.2) is 44.2 Å². The normalized spacial score (nSPS) is 16.1. The second-order valence-electron chi connectivity index (χ2n) is 6.69. The Morgan fingerprint density at radius 3 is 2.70 bits per heavy atom. The Morgan fingerprint density at radius 2 is 2.00 bits per heavy atom. The molecule has 3 heterocycles. The molecule has 138 valence electrons. The third-order valence-corrected chi connectivity index (χ3v) is 4.78. The van der Waals surface area contributed by atoms with Crippen molar-refractivity contribution in [1.29, 1.82) is 0 Å². The highest BCUT2D eigenvalue weighted by Gasteiger charge is 2.29. The van der Waals surface area contributed by atoms with Gasteiger partial charge in [0.25, 0.3) is 5.91 Å². The van der Waals surface area contributed by atoms with Gasteiger partial charge in [0, 0.05) is 25.2 Å². The number of fused-ring (bicyclic) bond motifs is 1. The predicted octanol–water partition coefficient (Wildman–Crippen LogP) is 2.49. The van der Waals surface area contributed by atoms with E-state index in [1.807, 2.05) is 18.2 Å². The molecular weight excluding hydrogens is 342 g/mol. The van der Waals surface area contributed by atoms with E-state index in [2.05, 4.69) is 38.8 Å². The highest BCUT2D eigenvalue weighted by atomic mass is 16.5. The van der Waals surface area contributed by atoms with Crippen LogP contribution in [0.1, 0.15) is 40.5 Å². The fraction of sp³-hybridized carbons (Fsp3) is 0.300. The summed E-state index contributed by atoms with van der Waals surface area (Å²) in [5.74, 6) is 2.18. The van der Waals surface area contributed by atoms with Crippen LogP contribution in [-0.2, 0) is 13.0 Å². The zero-order valence-electron chi connectivity index (χ0n) is 15.4. The van der Waals surface area contributed by atoms with Crippen LogP contribution in [0.15, 0.2) is 48.7 Å². The minimum absolute atomic E-state index is 0.0594. The molecule has 0 aliphatic carbocycles. The van der Waals surface area contributed by atoms with Gasteiger partial charge in [0.2, 0.25) is 5.88 Å². The van der Waals surface area contributed by atoms with Crippen LogP contribution >= 0.6 is 0 Å². The molecule has 0 N–H and O–H groups in total. The summed E-state index contributed by atoms with van der Waals surface area (Å²) in [5, 5.41) is 8.72. The van der Waals surface area contributed by atoms with Gasteiger partial charge in [-0.15, -0.1) is 10.2 Å². The molecule has 0 saturated carbocycles. The van der Waals surface area contributed by atoms with Gasteiger partial charge in [-0.05, 0) is 18.6 Å². The van der Waals surface area contributed by atoms with Crippen molar-refractivity contribution >= 4 is 5.91 Å². The summed E-state index contributed by atoms with van der Waals surface area (Å²) in [4.78, 5) is 18.8. The van der Waals surface area contributed by atoms with Crippen LogP contribution in [0.25, 0.3) is 0 Å². The number of aromatic nitrogens is 4. The summed E-state index contributed by atoms with van der Waals surface area (Å²) in [6.45, 7) is 3.14. The first kappa shape index (κ1) is 17.2. The minimum atomic E-state index is -0.0594. The molecule has 1 aliphatic heterocycles. The molecule has 0 fully saturated rings. The van der Waals surface area contributed by atoms with Crippen LogP contribution in [0.4, 0.5) is 0 Å². The van der Waals surface area contributed by atoms with Gasteiger partial charge in [-0.2, -0.15) is 0 Å². The lowest BCUT2D eigenvalue weighted by Gasteiger charge is -2.32. The monoisotopic (exact) mass is 363 g/mol. The van der Waals surface area contributed by atoms with Crippen molar-refractivity contribution in [3.8, 4) is 5.88 Å². The average molecular weight is 363 g/mol. The standard InChI is InChI=1S/C20H21N5O2/c1-14-12-24(20(26)16-8-9-19(27-2)21-11-16)13-18-23-22-17(25(14)18)10-15-6-4-3-5-7-15/h3-9,11,14H,10,12-13H2,1-2H3/t14-/m0/s1. The number of hydrogen-bond donors (Lipinski definition) is 0. The van der Waals surface area contributed by atoms with Crippen LogP contribution in [0.2, 0.25) is 0 Å². The summed E-state index contributed by atoms with van der Waals surface area (Å²) in [7, 11) is 1.55. The maximum Gasteiger partial charge on any atom is 0.255 e. The fourth-order valence-corrected chi connectivity index (χ4v) is 3.48. The zero-order valence-corrected chi connectivity index (χ0v) is 15.4. The van der Waals surface area contributed by atoms with Crippen LogP contribution in [0.5, 0.6) is 5.88 Å². The minimum Gasteiger partial charge on any atom is -0.481 e. The Bertz CT molecular complexity index is 937. The highest BCUT2D eigenvalue weighted by molar-refractivity contribution is 5.94. The molecule has 3 aromatic rings. The molecule has 1 aliphatic rings. The Morgan fingerprint density at radius 1 is 1.19 bits per heavy atom. The number of rotatable bonds is 4. The van der Waals surface area contributed by atoms with E-state index >= 15 is 0 Å². The number of ether oxygens (including phenoxy) is 1. The van der Waals surface area contributed by atoms with Gasteiger partial charge in [-0.1, -0.05) is 30.3 Å². The van der Waals surface area contributed by atoms with Gasteiger partial charge in [0.05, 0.1) is 25.3 Å². The number of pyridine rings is 1. The smallest absolute Gasteiger partial charge is 0.255 e. The molecule has 0 bridgehead atoms. The van der Waals surface area contributed by atoms with Gasteiger partial charge in [-0.3, -0.25) is 4.79 Å². The second-order valence-corrected chi connectivity index (χ2v) is 6.69. The number of carbonyl (C=O) groups is 1. The maximum absolute atomic E-state index is 12.8. The van der Waals surface area contributed by atoms with E-state index in [4.69, 9.17) is 4.74 Å². The molecule has 1 atom stereocenters. The molecule has 2 aromatic heterocycles. The quantitative estimate of drug-likeness (QED) is 0.712. The molecule has 4 rings (SSSR count). The van der Waals surface area contributed by atoms with E-state index in [1.54, 1.807) is 30.3 Å². The molecule has 0 unspecified atom stereocenters. The summed E-state index contributed by atoms with van der Waals surface area (Å²) in [6.07, 6.45) is 2.28. The predicted molar refractivity (Wildman–Crippen MR) is 99.5 cm³/mol. The molecule has 7 heteroatoms. The van der Waals surface area contributed by atoms with Gasteiger partial charge in [0.15, 0.2) is 5.82 Å². The molecule has 0 saturated heterocycles. The number of amides is 1. The largest absolute Gasteiger partial charge is 0.481 e. The van der Waals surface area contributed by atoms with Crippen molar-refractivity contribution in [3.05, 3.63) is 71.4 Å². The lowest BCUT2D eigenvalue weighted by molar-refractivity contribution is 0.0679. The summed E-state index contributed by atoms with van der Waals surface area (Å²) >= 11 is 0. The first-order valence-electron chi connectivity index (χ1n) is 8.91. The molecule has 0 radical (unpaired) electrons. The number of benzene rings is 1. The Balaban J connectivity index is 1.54. The van der Waals surface area contributed by atoms with Crippen molar-refractivity contribution in [3.63, 3.8) is 0 Å². The number of carbonyl (C=O) groups excluding carboxylic acids is 1. The van der Waals surface area contributed by atoms with E-state index in [0.29, 0.717) is 24.5 Å². The van der Waals surface area contributed by atoms with Gasteiger partial charge in [0.1, 0.15) is 5.82 Å². The molecular formula is C20H21N5O2. The third kappa shape index (κ3) is 3.40. The van der Waals surface area contributed by atoms with Crippen LogP contribution in [0.3, 0.4) is 0 Å². The Hall–Kier alpha value is -3.22. The Kier molecular flexibility index (Phi) is 4.58. The van der Waals surface area contributed by atoms with E-state index in [9.17, 15) is 4.79 Å². The average Bonchev–Trinajstić information content (AvgIpc) is 3.11. The molecule has 1 aromatic carbocycles. The molecule has 27 heavy (non-hydrogen) atoms. The van der Waals surface area contributed by atoms with Crippen molar-refractivity contribution in [1.82, 2.24) is 24.6 Å². The van der Waals surface area contributed by atoms with E-state index in [0.717, 1.165) is 18.1 Å². The number of hydrogen-bond acceptors (Lipinski definition) is 5. The third-order valence-electron chi connectivity index (χ3n) is 4.78. The van der Waals surface area contributed by atoms with Gasteiger partial charge in [-0.25, -0.2) is 4.98 Å². The topological polar surface area (TPSA) is 73.1 Å². The highest BCUT2D eigenvalue weighted by Crippen LogP contribution is 2.24. The van der Waals surface area contributed by atoms with Crippen LogP contribution in [0, 0.1) is 0 Å². The van der Waals surface area contributed by atoms with Crippen LogP contribution < -0.4 is 4.74 Å². The van der Waals surface area contributed by atoms with Crippen molar-refractivity contribution in [2.75, 3.05) is 13.7 Å². The lowest BCUT2D eigenvalue weighted by atomic mass is 10.1.